The molecule has 0 aliphatic heterocycles. The van der Waals surface area contributed by atoms with E-state index in [1.807, 2.05) is 51.1 Å². The van der Waals surface area contributed by atoms with Crippen molar-refractivity contribution in [3.8, 4) is 16.9 Å². The fourth-order valence-corrected chi connectivity index (χ4v) is 4.26. The van der Waals surface area contributed by atoms with Crippen LogP contribution in [0, 0.1) is 12.7 Å². The van der Waals surface area contributed by atoms with Gasteiger partial charge in [-0.25, -0.2) is 9.18 Å². The van der Waals surface area contributed by atoms with E-state index in [9.17, 15) is 19.4 Å². The summed E-state index contributed by atoms with van der Waals surface area (Å²) in [6, 6.07) is 17.7. The van der Waals surface area contributed by atoms with E-state index < -0.39 is 12.1 Å². The summed E-state index contributed by atoms with van der Waals surface area (Å²) in [6.07, 6.45) is -0.462. The maximum absolute atomic E-state index is 13.9. The van der Waals surface area contributed by atoms with Crippen LogP contribution in [0.5, 0.6) is 5.75 Å². The number of carbonyl (C=O) groups is 1. The van der Waals surface area contributed by atoms with Gasteiger partial charge >= 0.3 is 5.97 Å². The first kappa shape index (κ1) is 28.3. The van der Waals surface area contributed by atoms with Crippen LogP contribution in [0.2, 0.25) is 0 Å². The Balaban J connectivity index is 1.62. The van der Waals surface area contributed by atoms with Gasteiger partial charge in [0.05, 0.1) is 31.5 Å². The number of methoxy groups -OCH3 is 1. The van der Waals surface area contributed by atoms with E-state index in [1.54, 1.807) is 31.2 Å². The molecule has 0 fully saturated rings. The van der Waals surface area contributed by atoms with Gasteiger partial charge in [-0.3, -0.25) is 0 Å². The second-order valence-electron chi connectivity index (χ2n) is 9.96. The molecule has 6 nitrogen and oxygen atoms in total. The van der Waals surface area contributed by atoms with Gasteiger partial charge in [0.2, 0.25) is 0 Å². The van der Waals surface area contributed by atoms with Gasteiger partial charge in [0.25, 0.3) is 0 Å². The molecule has 0 heterocycles. The first-order valence-electron chi connectivity index (χ1n) is 12.3. The molecule has 0 radical (unpaired) electrons. The minimum Gasteiger partial charge on any atom is -0.496 e. The van der Waals surface area contributed by atoms with Crippen molar-refractivity contribution >= 4 is 5.97 Å². The van der Waals surface area contributed by atoms with Crippen LogP contribution in [0.3, 0.4) is 0 Å². The summed E-state index contributed by atoms with van der Waals surface area (Å²) in [6.45, 7) is 8.12. The van der Waals surface area contributed by atoms with Crippen LogP contribution in [0.4, 0.5) is 4.39 Å². The molecule has 7 heteroatoms. The molecule has 2 atom stereocenters. The highest BCUT2D eigenvalue weighted by molar-refractivity contribution is 5.90. The standard InChI is InChI=1S/C30H36FNO5/c1-19-10-11-21(14-27(19)31)16-30(3,4)32-17-23(33)18-37-20(2)24-8-6-7-9-25(24)26-13-12-22(29(34)35)15-28(26)36-5/h6-15,20,23,32-33H,16-18H2,1-5H3,(H,34,35)/t20-,23-/m1/s1. The van der Waals surface area contributed by atoms with Crippen molar-refractivity contribution in [1.82, 2.24) is 5.32 Å². The van der Waals surface area contributed by atoms with Crippen molar-refractivity contribution in [2.45, 2.75) is 51.9 Å². The van der Waals surface area contributed by atoms with Crippen molar-refractivity contribution in [3.05, 3.63) is 88.7 Å². The Kier molecular flexibility index (Phi) is 9.43. The van der Waals surface area contributed by atoms with Gasteiger partial charge in [-0.1, -0.05) is 36.4 Å². The molecule has 0 saturated carbocycles. The number of aryl methyl sites for hydroxylation is 1. The Hall–Kier alpha value is -3.26. The van der Waals surface area contributed by atoms with Crippen LogP contribution in [0.1, 0.15) is 53.9 Å². The predicted octanol–water partition coefficient (Wildman–Crippen LogP) is 5.56. The normalized spacial score (nSPS) is 13.3. The third-order valence-corrected chi connectivity index (χ3v) is 6.37. The van der Waals surface area contributed by atoms with Crippen LogP contribution in [0.15, 0.2) is 60.7 Å². The van der Waals surface area contributed by atoms with E-state index in [-0.39, 0.29) is 29.6 Å². The summed E-state index contributed by atoms with van der Waals surface area (Å²) in [5, 5.41) is 23.2. The topological polar surface area (TPSA) is 88.0 Å². The Labute approximate surface area is 218 Å². The molecule has 0 saturated heterocycles. The molecule has 3 rings (SSSR count). The molecule has 0 amide bonds. The Bertz CT molecular complexity index is 1230. The fraction of sp³-hybridized carbons (Fsp3) is 0.367. The van der Waals surface area contributed by atoms with Crippen molar-refractivity contribution in [2.75, 3.05) is 20.3 Å². The van der Waals surface area contributed by atoms with Crippen molar-refractivity contribution in [3.63, 3.8) is 0 Å². The molecule has 0 spiro atoms. The number of hydrogen-bond donors (Lipinski definition) is 3. The number of aliphatic hydroxyl groups is 1. The number of β-amino-alcohol motifs (C(OH)–C–C–N with tert-alkyl or cyclic N) is 1. The van der Waals surface area contributed by atoms with Crippen LogP contribution in [-0.2, 0) is 11.2 Å². The highest BCUT2D eigenvalue weighted by atomic mass is 19.1. The molecule has 0 aliphatic rings. The maximum Gasteiger partial charge on any atom is 0.335 e. The van der Waals surface area contributed by atoms with Gasteiger partial charge in [-0.2, -0.15) is 0 Å². The highest BCUT2D eigenvalue weighted by Crippen LogP contribution is 2.36. The lowest BCUT2D eigenvalue weighted by atomic mass is 9.94. The number of hydrogen-bond acceptors (Lipinski definition) is 5. The van der Waals surface area contributed by atoms with E-state index in [0.717, 1.165) is 22.3 Å². The largest absolute Gasteiger partial charge is 0.496 e. The molecular weight excluding hydrogens is 473 g/mol. The zero-order chi connectivity index (χ0) is 27.2. The van der Waals surface area contributed by atoms with Gasteiger partial charge in [0, 0.05) is 17.6 Å². The number of carboxylic acids is 1. The average molecular weight is 510 g/mol. The SMILES string of the molecule is COc1cc(C(=O)O)ccc1-c1ccccc1[C@@H](C)OC[C@H](O)CNC(C)(C)Cc1ccc(C)c(F)c1. The summed E-state index contributed by atoms with van der Waals surface area (Å²) >= 11 is 0. The van der Waals surface area contributed by atoms with Crippen LogP contribution >= 0.6 is 0 Å². The van der Waals surface area contributed by atoms with Gasteiger partial charge in [-0.15, -0.1) is 0 Å². The summed E-state index contributed by atoms with van der Waals surface area (Å²) in [5.74, 6) is -0.780. The monoisotopic (exact) mass is 509 g/mol. The van der Waals surface area contributed by atoms with Crippen molar-refractivity contribution in [2.24, 2.45) is 0 Å². The number of rotatable bonds is 12. The van der Waals surface area contributed by atoms with Crippen LogP contribution in [0.25, 0.3) is 11.1 Å². The first-order chi connectivity index (χ1) is 17.5. The molecule has 0 unspecified atom stereocenters. The molecular formula is C30H36FNO5. The average Bonchev–Trinajstić information content (AvgIpc) is 2.87. The smallest absolute Gasteiger partial charge is 0.335 e. The number of nitrogens with one attached hydrogen (secondary N) is 1. The molecule has 198 valence electrons. The Morgan fingerprint density at radius 1 is 1.08 bits per heavy atom. The van der Waals surface area contributed by atoms with Gasteiger partial charge in [0.15, 0.2) is 0 Å². The zero-order valence-electron chi connectivity index (χ0n) is 22.0. The minimum absolute atomic E-state index is 0.118. The van der Waals surface area contributed by atoms with Gasteiger partial charge in [0.1, 0.15) is 11.6 Å². The van der Waals surface area contributed by atoms with Crippen LogP contribution in [-0.4, -0.2) is 48.1 Å². The number of carboxylic acid groups (broad SMARTS) is 1. The number of halogens is 1. The summed E-state index contributed by atoms with van der Waals surface area (Å²) < 4.78 is 25.4. The summed E-state index contributed by atoms with van der Waals surface area (Å²) in [5.41, 5.74) is 3.83. The molecule has 0 aliphatic carbocycles. The quantitative estimate of drug-likeness (QED) is 0.296. The number of aliphatic hydroxyl groups excluding tert-OH is 1. The van der Waals surface area contributed by atoms with Gasteiger partial charge in [-0.05, 0) is 80.6 Å². The summed E-state index contributed by atoms with van der Waals surface area (Å²) in [7, 11) is 1.51. The Morgan fingerprint density at radius 2 is 1.81 bits per heavy atom. The lowest BCUT2D eigenvalue weighted by Gasteiger charge is -2.28. The van der Waals surface area contributed by atoms with Gasteiger partial charge < -0.3 is 25.0 Å². The molecule has 0 aromatic heterocycles. The fourth-order valence-electron chi connectivity index (χ4n) is 4.26. The Morgan fingerprint density at radius 3 is 2.49 bits per heavy atom. The second-order valence-corrected chi connectivity index (χ2v) is 9.96. The molecule has 3 N–H and O–H groups in total. The third-order valence-electron chi connectivity index (χ3n) is 6.37. The van der Waals surface area contributed by atoms with Crippen molar-refractivity contribution in [1.29, 1.82) is 0 Å². The molecule has 37 heavy (non-hydrogen) atoms. The van der Waals surface area contributed by atoms with E-state index in [1.165, 1.54) is 13.2 Å². The van der Waals surface area contributed by atoms with Crippen molar-refractivity contribution < 1.29 is 28.9 Å². The summed E-state index contributed by atoms with van der Waals surface area (Å²) in [4.78, 5) is 11.4. The maximum atomic E-state index is 13.9. The van der Waals surface area contributed by atoms with E-state index in [0.29, 0.717) is 24.3 Å². The number of benzene rings is 3. The second kappa shape index (κ2) is 12.3. The predicted molar refractivity (Wildman–Crippen MR) is 143 cm³/mol. The van der Waals surface area contributed by atoms with Crippen LogP contribution < -0.4 is 10.1 Å². The van der Waals surface area contributed by atoms with E-state index in [2.05, 4.69) is 5.32 Å². The highest BCUT2D eigenvalue weighted by Gasteiger charge is 2.21. The first-order valence-corrected chi connectivity index (χ1v) is 12.3. The van der Waals surface area contributed by atoms with E-state index >= 15 is 0 Å². The lowest BCUT2D eigenvalue weighted by Crippen LogP contribution is -2.46. The zero-order valence-corrected chi connectivity index (χ0v) is 22.0. The molecule has 0 bridgehead atoms. The minimum atomic E-state index is -1.02. The lowest BCUT2D eigenvalue weighted by molar-refractivity contribution is -0.00397. The third kappa shape index (κ3) is 7.61. The molecule has 3 aromatic rings. The molecule has 3 aromatic carbocycles. The van der Waals surface area contributed by atoms with E-state index in [4.69, 9.17) is 9.47 Å². The number of aromatic carboxylic acids is 1. The number of ether oxygens (including phenoxy) is 2.